The van der Waals surface area contributed by atoms with E-state index < -0.39 is 35.8 Å². The van der Waals surface area contributed by atoms with Crippen LogP contribution in [0, 0.1) is 17.8 Å². The predicted molar refractivity (Wildman–Crippen MR) is 92.3 cm³/mol. The molecule has 0 aromatic heterocycles. The van der Waals surface area contributed by atoms with E-state index in [-0.39, 0.29) is 25.8 Å². The summed E-state index contributed by atoms with van der Waals surface area (Å²) in [4.78, 5) is 23.8. The molecular weight excluding hydrogens is 363 g/mol. The summed E-state index contributed by atoms with van der Waals surface area (Å²) in [6.45, 7) is -0.139. The summed E-state index contributed by atoms with van der Waals surface area (Å²) < 4.78 is 43.9. The minimum Gasteiger partial charge on any atom is -0.496 e. The van der Waals surface area contributed by atoms with Crippen LogP contribution in [0.5, 0.6) is 5.75 Å². The highest BCUT2D eigenvalue weighted by Crippen LogP contribution is 2.39. The lowest BCUT2D eigenvalue weighted by molar-refractivity contribution is -0.186. The van der Waals surface area contributed by atoms with Gasteiger partial charge in [-0.2, -0.15) is 13.2 Å². The summed E-state index contributed by atoms with van der Waals surface area (Å²) in [7, 11) is 1.48. The molecule has 1 aromatic rings. The molecule has 1 fully saturated rings. The van der Waals surface area contributed by atoms with Gasteiger partial charge in [0.15, 0.2) is 0 Å². The third kappa shape index (κ3) is 5.87. The van der Waals surface area contributed by atoms with Gasteiger partial charge >= 0.3 is 12.1 Å². The number of hydrogen-bond acceptors (Lipinski definition) is 3. The zero-order valence-corrected chi connectivity index (χ0v) is 15.1. The van der Waals surface area contributed by atoms with Crippen molar-refractivity contribution in [2.24, 2.45) is 17.8 Å². The Kier molecular flexibility index (Phi) is 7.10. The van der Waals surface area contributed by atoms with Crippen LogP contribution < -0.4 is 10.1 Å². The number of methoxy groups -OCH3 is 1. The Hall–Kier alpha value is -2.25. The molecule has 0 bridgehead atoms. The van der Waals surface area contributed by atoms with Gasteiger partial charge < -0.3 is 15.2 Å². The molecule has 2 rings (SSSR count). The van der Waals surface area contributed by atoms with E-state index in [0.717, 1.165) is 0 Å². The standard InChI is InChI=1S/C19H24F3NO4/c1-27-16-8-3-2-5-12(16)9-14(18(25)26)11-23-17(24)13-6-4-7-15(10-13)19(20,21)22/h2-3,5,8,13-15H,4,6-7,9-11H2,1H3,(H,23,24)(H,25,26). The van der Waals surface area contributed by atoms with Gasteiger partial charge in [0.2, 0.25) is 5.91 Å². The molecular formula is C19H24F3NO4. The molecule has 0 heterocycles. The maximum atomic E-state index is 12.9. The van der Waals surface area contributed by atoms with Crippen molar-refractivity contribution in [3.63, 3.8) is 0 Å². The Morgan fingerprint density at radius 2 is 2.00 bits per heavy atom. The molecule has 0 aliphatic heterocycles. The Morgan fingerprint density at radius 3 is 2.63 bits per heavy atom. The molecule has 8 heteroatoms. The van der Waals surface area contributed by atoms with Crippen LogP contribution in [-0.4, -0.2) is 36.8 Å². The Balaban J connectivity index is 1.95. The highest BCUT2D eigenvalue weighted by Gasteiger charge is 2.43. The number of alkyl halides is 3. The van der Waals surface area contributed by atoms with Crippen LogP contribution in [0.2, 0.25) is 0 Å². The third-order valence-electron chi connectivity index (χ3n) is 5.04. The minimum absolute atomic E-state index is 0.0405. The van der Waals surface area contributed by atoms with E-state index in [9.17, 15) is 27.9 Å². The van der Waals surface area contributed by atoms with Gasteiger partial charge in [0.1, 0.15) is 5.75 Å². The van der Waals surface area contributed by atoms with Gasteiger partial charge in [0.05, 0.1) is 18.9 Å². The van der Waals surface area contributed by atoms with Crippen molar-refractivity contribution in [2.45, 2.75) is 38.3 Å². The van der Waals surface area contributed by atoms with Gasteiger partial charge in [-0.15, -0.1) is 0 Å². The summed E-state index contributed by atoms with van der Waals surface area (Å²) in [5, 5.41) is 12.0. The number of para-hydroxylation sites is 1. The maximum absolute atomic E-state index is 12.9. The Labute approximate surface area is 155 Å². The molecule has 1 aliphatic carbocycles. The summed E-state index contributed by atoms with van der Waals surface area (Å²) in [6.07, 6.45) is -3.62. The Morgan fingerprint density at radius 1 is 1.30 bits per heavy atom. The monoisotopic (exact) mass is 387 g/mol. The molecule has 0 spiro atoms. The highest BCUT2D eigenvalue weighted by molar-refractivity contribution is 5.79. The molecule has 0 saturated heterocycles. The fraction of sp³-hybridized carbons (Fsp3) is 0.579. The number of carbonyl (C=O) groups excluding carboxylic acids is 1. The van der Waals surface area contributed by atoms with Crippen LogP contribution in [-0.2, 0) is 16.0 Å². The van der Waals surface area contributed by atoms with Gasteiger partial charge in [0, 0.05) is 12.5 Å². The van der Waals surface area contributed by atoms with Crippen LogP contribution in [0.1, 0.15) is 31.2 Å². The number of aliphatic carboxylic acids is 1. The number of carboxylic acids is 1. The first kappa shape index (κ1) is 21.1. The lowest BCUT2D eigenvalue weighted by Crippen LogP contribution is -2.40. The van der Waals surface area contributed by atoms with E-state index in [1.54, 1.807) is 24.3 Å². The average Bonchev–Trinajstić information content (AvgIpc) is 2.64. The fourth-order valence-electron chi connectivity index (χ4n) is 3.48. The van der Waals surface area contributed by atoms with Gasteiger partial charge in [0.25, 0.3) is 0 Å². The van der Waals surface area contributed by atoms with Crippen LogP contribution in [0.15, 0.2) is 24.3 Å². The topological polar surface area (TPSA) is 75.6 Å². The van der Waals surface area contributed by atoms with Crippen molar-refractivity contribution in [1.82, 2.24) is 5.32 Å². The lowest BCUT2D eigenvalue weighted by atomic mass is 9.80. The smallest absolute Gasteiger partial charge is 0.391 e. The predicted octanol–water partition coefficient (Wildman–Crippen LogP) is 3.42. The third-order valence-corrected chi connectivity index (χ3v) is 5.04. The number of nitrogens with one attached hydrogen (secondary N) is 1. The lowest BCUT2D eigenvalue weighted by Gasteiger charge is -2.30. The first-order valence-electron chi connectivity index (χ1n) is 8.91. The van der Waals surface area contributed by atoms with Crippen molar-refractivity contribution in [2.75, 3.05) is 13.7 Å². The number of hydrogen-bond donors (Lipinski definition) is 2. The molecule has 1 aromatic carbocycles. The fourth-order valence-corrected chi connectivity index (χ4v) is 3.48. The first-order chi connectivity index (χ1) is 12.7. The number of carbonyl (C=O) groups is 2. The molecule has 3 atom stereocenters. The number of rotatable bonds is 7. The molecule has 27 heavy (non-hydrogen) atoms. The van der Waals surface area contributed by atoms with Gasteiger partial charge in [-0.25, -0.2) is 0 Å². The second kappa shape index (κ2) is 9.10. The molecule has 1 amide bonds. The van der Waals surface area contributed by atoms with Crippen LogP contribution in [0.4, 0.5) is 13.2 Å². The van der Waals surface area contributed by atoms with Crippen LogP contribution >= 0.6 is 0 Å². The van der Waals surface area contributed by atoms with Crippen molar-refractivity contribution in [3.05, 3.63) is 29.8 Å². The molecule has 3 unspecified atom stereocenters. The molecule has 0 radical (unpaired) electrons. The van der Waals surface area contributed by atoms with E-state index in [0.29, 0.717) is 24.2 Å². The van der Waals surface area contributed by atoms with E-state index >= 15 is 0 Å². The molecule has 150 valence electrons. The van der Waals surface area contributed by atoms with E-state index in [4.69, 9.17) is 4.74 Å². The normalized spacial score (nSPS) is 21.3. The zero-order chi connectivity index (χ0) is 20.0. The van der Waals surface area contributed by atoms with E-state index in [1.165, 1.54) is 7.11 Å². The van der Waals surface area contributed by atoms with Gasteiger partial charge in [-0.3, -0.25) is 9.59 Å². The molecule has 2 N–H and O–H groups in total. The Bertz CT molecular complexity index is 663. The number of benzene rings is 1. The van der Waals surface area contributed by atoms with Crippen molar-refractivity contribution in [3.8, 4) is 5.75 Å². The second-order valence-corrected chi connectivity index (χ2v) is 6.90. The van der Waals surface area contributed by atoms with Crippen molar-refractivity contribution < 1.29 is 32.6 Å². The zero-order valence-electron chi connectivity index (χ0n) is 15.1. The van der Waals surface area contributed by atoms with Crippen molar-refractivity contribution in [1.29, 1.82) is 0 Å². The van der Waals surface area contributed by atoms with Gasteiger partial charge in [-0.1, -0.05) is 24.6 Å². The van der Waals surface area contributed by atoms with Crippen LogP contribution in [0.25, 0.3) is 0 Å². The number of carboxylic acid groups (broad SMARTS) is 1. The number of ether oxygens (including phenoxy) is 1. The first-order valence-corrected chi connectivity index (χ1v) is 8.91. The minimum atomic E-state index is -4.30. The maximum Gasteiger partial charge on any atom is 0.391 e. The number of halogens is 3. The second-order valence-electron chi connectivity index (χ2n) is 6.90. The van der Waals surface area contributed by atoms with E-state index in [1.807, 2.05) is 0 Å². The van der Waals surface area contributed by atoms with E-state index in [2.05, 4.69) is 5.32 Å². The molecule has 1 aliphatic rings. The average molecular weight is 387 g/mol. The van der Waals surface area contributed by atoms with Crippen molar-refractivity contribution >= 4 is 11.9 Å². The molecule has 1 saturated carbocycles. The quantitative estimate of drug-likeness (QED) is 0.752. The summed E-state index contributed by atoms with van der Waals surface area (Å²) >= 11 is 0. The van der Waals surface area contributed by atoms with Crippen LogP contribution in [0.3, 0.4) is 0 Å². The SMILES string of the molecule is COc1ccccc1CC(CNC(=O)C1CCCC(C(F)(F)F)C1)C(=O)O. The highest BCUT2D eigenvalue weighted by atomic mass is 19.4. The number of amides is 1. The summed E-state index contributed by atoms with van der Waals surface area (Å²) in [5.74, 6) is -4.13. The summed E-state index contributed by atoms with van der Waals surface area (Å²) in [6, 6.07) is 6.98. The largest absolute Gasteiger partial charge is 0.496 e. The summed E-state index contributed by atoms with van der Waals surface area (Å²) in [5.41, 5.74) is 0.691. The molecule has 5 nitrogen and oxygen atoms in total. The van der Waals surface area contributed by atoms with Gasteiger partial charge in [-0.05, 0) is 37.3 Å².